The van der Waals surface area contributed by atoms with Crippen molar-refractivity contribution in [1.82, 2.24) is 20.2 Å². The Morgan fingerprint density at radius 1 is 0.909 bits per heavy atom. The molecule has 0 aliphatic carbocycles. The molecule has 1 N–H and O–H groups in total. The zero-order valence-corrected chi connectivity index (χ0v) is 19.3. The number of aromatic amines is 1. The molecule has 6 rings (SSSR count). The van der Waals surface area contributed by atoms with E-state index in [0.29, 0.717) is 0 Å². The highest BCUT2D eigenvalue weighted by atomic mass is 35.5. The average molecular weight is 477 g/mol. The van der Waals surface area contributed by atoms with Gasteiger partial charge in [-0.3, -0.25) is 4.98 Å². The van der Waals surface area contributed by atoms with Gasteiger partial charge in [0, 0.05) is 23.6 Å². The normalized spacial score (nSPS) is 13.8. The summed E-state index contributed by atoms with van der Waals surface area (Å²) >= 11 is 1.69. The molecule has 1 fully saturated rings. The van der Waals surface area contributed by atoms with E-state index in [4.69, 9.17) is 9.72 Å². The van der Waals surface area contributed by atoms with Crippen molar-refractivity contribution < 1.29 is 21.7 Å². The molecule has 0 radical (unpaired) electrons. The van der Waals surface area contributed by atoms with Crippen molar-refractivity contribution in [2.24, 2.45) is 0 Å². The summed E-state index contributed by atoms with van der Waals surface area (Å²) in [6.45, 7) is 3.24. The summed E-state index contributed by atoms with van der Waals surface area (Å²) in [7, 11) is 0. The van der Waals surface area contributed by atoms with Crippen LogP contribution in [-0.4, -0.2) is 46.5 Å². The minimum absolute atomic E-state index is 0. The fourth-order valence-corrected chi connectivity index (χ4v) is 4.99. The number of halogens is 1. The number of rotatable bonds is 4. The molecule has 166 valence electrons. The van der Waals surface area contributed by atoms with Gasteiger partial charge in [-0.25, -0.2) is 9.55 Å². The van der Waals surface area contributed by atoms with Gasteiger partial charge in [0.25, 0.3) is 0 Å². The molecule has 1 aliphatic rings. The number of nitrogens with zero attached hydrogens (tertiary/aromatic N) is 5. The fourth-order valence-electron chi connectivity index (χ4n) is 4.02. The summed E-state index contributed by atoms with van der Waals surface area (Å²) in [4.78, 5) is 12.5. The monoisotopic (exact) mass is 476 g/mol. The molecule has 0 amide bonds. The van der Waals surface area contributed by atoms with Gasteiger partial charge in [-0.2, -0.15) is 0 Å². The lowest BCUT2D eigenvalue weighted by molar-refractivity contribution is -0.596. The fraction of sp³-hybridized carbons (Fsp3) is 0.167. The number of pyridine rings is 1. The van der Waals surface area contributed by atoms with Gasteiger partial charge in [0.1, 0.15) is 17.7 Å². The van der Waals surface area contributed by atoms with E-state index in [1.165, 1.54) is 0 Å². The van der Waals surface area contributed by atoms with Gasteiger partial charge in [-0.1, -0.05) is 29.4 Å². The van der Waals surface area contributed by atoms with E-state index in [0.717, 1.165) is 69.9 Å². The Kier molecular flexibility index (Phi) is 6.04. The molecule has 4 aromatic heterocycles. The third kappa shape index (κ3) is 4.08. The third-order valence-corrected chi connectivity index (χ3v) is 6.73. The number of ether oxygens (including phenoxy) is 1. The van der Waals surface area contributed by atoms with Crippen LogP contribution in [0.15, 0.2) is 73.3 Å². The molecule has 0 atom stereocenters. The van der Waals surface area contributed by atoms with Crippen LogP contribution in [0.3, 0.4) is 0 Å². The first-order valence-electron chi connectivity index (χ1n) is 10.6. The maximum Gasteiger partial charge on any atom is 0.300 e. The van der Waals surface area contributed by atoms with E-state index in [1.807, 2.05) is 35.4 Å². The summed E-state index contributed by atoms with van der Waals surface area (Å²) in [5.74, 6) is 1.81. The maximum absolute atomic E-state index is 5.47. The zero-order valence-electron chi connectivity index (χ0n) is 17.7. The highest BCUT2D eigenvalue weighted by Crippen LogP contribution is 2.36. The maximum atomic E-state index is 5.47. The number of hydrogen-bond acceptors (Lipinski definition) is 6. The van der Waals surface area contributed by atoms with Crippen molar-refractivity contribution in [3.8, 4) is 27.0 Å². The highest BCUT2D eigenvalue weighted by molar-refractivity contribution is 7.18. The molecule has 0 unspecified atom stereocenters. The van der Waals surface area contributed by atoms with Crippen LogP contribution in [0.4, 0.5) is 5.82 Å². The molecule has 1 aliphatic heterocycles. The number of anilines is 1. The number of hydrogen-bond donors (Lipinski definition) is 1. The number of fused-ring (bicyclic) bond motifs is 1. The second-order valence-electron chi connectivity index (χ2n) is 7.58. The Morgan fingerprint density at radius 3 is 2.55 bits per heavy atom. The first-order valence-corrected chi connectivity index (χ1v) is 11.4. The van der Waals surface area contributed by atoms with E-state index in [2.05, 4.69) is 62.5 Å². The lowest BCUT2D eigenvalue weighted by atomic mass is 10.1. The Bertz CT molecular complexity index is 1380. The third-order valence-electron chi connectivity index (χ3n) is 5.62. The highest BCUT2D eigenvalue weighted by Gasteiger charge is 2.19. The molecule has 5 heterocycles. The van der Waals surface area contributed by atoms with Crippen LogP contribution < -0.4 is 21.9 Å². The van der Waals surface area contributed by atoms with Gasteiger partial charge >= 0.3 is 5.82 Å². The van der Waals surface area contributed by atoms with Crippen molar-refractivity contribution >= 4 is 27.9 Å². The zero-order chi connectivity index (χ0) is 21.3. The van der Waals surface area contributed by atoms with E-state index in [-0.39, 0.29) is 12.4 Å². The first-order chi connectivity index (χ1) is 15.9. The van der Waals surface area contributed by atoms with Crippen molar-refractivity contribution in [3.63, 3.8) is 0 Å². The van der Waals surface area contributed by atoms with E-state index in [1.54, 1.807) is 11.3 Å². The molecule has 0 saturated carbocycles. The molecule has 0 spiro atoms. The van der Waals surface area contributed by atoms with E-state index < -0.39 is 0 Å². The number of benzene rings is 1. The van der Waals surface area contributed by atoms with Crippen molar-refractivity contribution in [3.05, 3.63) is 73.3 Å². The molecular weight excluding hydrogens is 456 g/mol. The van der Waals surface area contributed by atoms with Gasteiger partial charge < -0.3 is 22.0 Å². The number of aromatic nitrogens is 5. The van der Waals surface area contributed by atoms with Crippen LogP contribution in [0.2, 0.25) is 0 Å². The van der Waals surface area contributed by atoms with Crippen molar-refractivity contribution in [2.75, 3.05) is 31.2 Å². The van der Waals surface area contributed by atoms with Gasteiger partial charge in [-0.15, -0.1) is 11.3 Å². The minimum atomic E-state index is 0. The van der Waals surface area contributed by atoms with E-state index >= 15 is 0 Å². The van der Waals surface area contributed by atoms with Gasteiger partial charge in [0.05, 0.1) is 40.2 Å². The Morgan fingerprint density at radius 2 is 1.73 bits per heavy atom. The summed E-state index contributed by atoms with van der Waals surface area (Å²) in [5, 5.41) is 11.3. The lowest BCUT2D eigenvalue weighted by Gasteiger charge is -2.27. The molecule has 33 heavy (non-hydrogen) atoms. The smallest absolute Gasteiger partial charge is 0.300 e. The summed E-state index contributed by atoms with van der Waals surface area (Å²) in [6.07, 6.45) is 5.67. The molecule has 0 bridgehead atoms. The molecule has 7 nitrogen and oxygen atoms in total. The van der Waals surface area contributed by atoms with Crippen LogP contribution in [0, 0.1) is 0 Å². The summed E-state index contributed by atoms with van der Waals surface area (Å²) < 4.78 is 7.42. The number of nitrogens with one attached hydrogen (secondary N) is 1. The topological polar surface area (TPSA) is 70.8 Å². The molecule has 1 aromatic carbocycles. The second-order valence-corrected chi connectivity index (χ2v) is 8.66. The van der Waals surface area contributed by atoms with Gasteiger partial charge in [-0.05, 0) is 30.3 Å². The molecule has 1 saturated heterocycles. The minimum Gasteiger partial charge on any atom is -1.00 e. The number of thiophene rings is 1. The molecular formula is C24H21ClN6OS. The number of morpholine rings is 1. The summed E-state index contributed by atoms with van der Waals surface area (Å²) in [6, 6.07) is 18.7. The Hall–Kier alpha value is -3.33. The second kappa shape index (κ2) is 9.27. The van der Waals surface area contributed by atoms with Gasteiger partial charge in [0.2, 0.25) is 0 Å². The van der Waals surface area contributed by atoms with Crippen LogP contribution >= 0.6 is 11.3 Å². The standard InChI is InChI=1S/C24H20N6OS.ClH/c1-2-5-18-17(4-1)23(27-28-24(18)30-11-10-25-16-30)21-9-8-20(32-21)19-6-3-7-22(26-19)29-12-14-31-15-13-29;/h1-11,16H,12-15H2;1H. The predicted molar refractivity (Wildman–Crippen MR) is 125 cm³/mol. The SMILES string of the molecule is [Cl-].c1cc(-c2ccc(-c3nnc(-[n+]4cc[nH]c4)c4ccccc34)s2)nc(N2CCOCC2)c1. The molecule has 5 aromatic rings. The van der Waals surface area contributed by atoms with E-state index in [9.17, 15) is 0 Å². The van der Waals surface area contributed by atoms with Crippen molar-refractivity contribution in [2.45, 2.75) is 0 Å². The van der Waals surface area contributed by atoms with Crippen molar-refractivity contribution in [1.29, 1.82) is 0 Å². The predicted octanol–water partition coefficient (Wildman–Crippen LogP) is 0.866. The number of H-pyrrole nitrogens is 1. The van der Waals surface area contributed by atoms with Crippen LogP contribution in [0.25, 0.3) is 37.7 Å². The quantitative estimate of drug-likeness (QED) is 0.390. The van der Waals surface area contributed by atoms with Crippen LogP contribution in [0.5, 0.6) is 0 Å². The van der Waals surface area contributed by atoms with Gasteiger partial charge in [0.15, 0.2) is 6.33 Å². The lowest BCUT2D eigenvalue weighted by Crippen LogP contribution is -3.00. The Balaban J connectivity index is 0.00000228. The molecule has 9 heteroatoms. The summed E-state index contributed by atoms with van der Waals surface area (Å²) in [5.41, 5.74) is 1.86. The first kappa shape index (κ1) is 21.5. The Labute approximate surface area is 201 Å². The van der Waals surface area contributed by atoms with Crippen LogP contribution in [0.1, 0.15) is 0 Å². The number of imidazole rings is 1. The largest absolute Gasteiger partial charge is 1.00 e. The van der Waals surface area contributed by atoms with Crippen LogP contribution in [-0.2, 0) is 4.74 Å². The average Bonchev–Trinajstić information content (AvgIpc) is 3.57.